The highest BCUT2D eigenvalue weighted by molar-refractivity contribution is 5.77. The summed E-state index contributed by atoms with van der Waals surface area (Å²) in [4.78, 5) is 4.31. The van der Waals surface area contributed by atoms with E-state index in [9.17, 15) is 0 Å². The molecule has 0 aliphatic rings. The van der Waals surface area contributed by atoms with Crippen LogP contribution in [0.2, 0.25) is 0 Å². The van der Waals surface area contributed by atoms with Crippen LogP contribution in [-0.4, -0.2) is 10.1 Å². The van der Waals surface area contributed by atoms with E-state index in [0.29, 0.717) is 12.4 Å². The Morgan fingerprint density at radius 1 is 1.00 bits per heavy atom. The fourth-order valence-electron chi connectivity index (χ4n) is 2.18. The van der Waals surface area contributed by atoms with Gasteiger partial charge in [0.2, 0.25) is 5.89 Å². The number of benzene rings is 2. The summed E-state index contributed by atoms with van der Waals surface area (Å²) in [5.41, 5.74) is 3.40. The summed E-state index contributed by atoms with van der Waals surface area (Å²) < 4.78 is 5.20. The normalized spacial score (nSPS) is 10.5. The quantitative estimate of drug-likeness (QED) is 0.769. The van der Waals surface area contributed by atoms with E-state index in [1.54, 1.807) is 0 Å². The van der Waals surface area contributed by atoms with Crippen LogP contribution in [0.15, 0.2) is 59.1 Å². The summed E-state index contributed by atoms with van der Waals surface area (Å²) in [6.45, 7) is 2.53. The summed E-state index contributed by atoms with van der Waals surface area (Å²) in [6, 6.07) is 18.5. The number of hydrogen-bond acceptors (Lipinski definition) is 4. The molecule has 1 aromatic heterocycles. The highest BCUT2D eigenvalue weighted by Crippen LogP contribution is 2.27. The van der Waals surface area contributed by atoms with Crippen molar-refractivity contribution in [1.29, 1.82) is 0 Å². The van der Waals surface area contributed by atoms with Gasteiger partial charge >= 0.3 is 0 Å². The second-order valence-corrected chi connectivity index (χ2v) is 4.72. The molecule has 0 aliphatic heterocycles. The van der Waals surface area contributed by atoms with Gasteiger partial charge in [-0.3, -0.25) is 0 Å². The third-order valence-electron chi connectivity index (χ3n) is 3.27. The van der Waals surface area contributed by atoms with Gasteiger partial charge in [-0.2, -0.15) is 4.98 Å². The molecule has 1 heterocycles. The monoisotopic (exact) mass is 279 g/mol. The number of nitrogens with one attached hydrogen (secondary N) is 1. The van der Waals surface area contributed by atoms with Crippen LogP contribution < -0.4 is 5.32 Å². The Morgan fingerprint density at radius 3 is 2.52 bits per heavy atom. The molecule has 0 saturated heterocycles. The summed E-state index contributed by atoms with van der Waals surface area (Å²) in [7, 11) is 0. The van der Waals surface area contributed by atoms with Gasteiger partial charge in [-0.25, -0.2) is 0 Å². The highest BCUT2D eigenvalue weighted by Gasteiger charge is 2.07. The number of aromatic nitrogens is 2. The molecule has 4 heteroatoms. The number of aryl methyl sites for hydroxylation is 1. The van der Waals surface area contributed by atoms with E-state index >= 15 is 0 Å². The van der Waals surface area contributed by atoms with Gasteiger partial charge in [0.25, 0.3) is 0 Å². The molecule has 1 N–H and O–H groups in total. The number of anilines is 1. The summed E-state index contributed by atoms with van der Waals surface area (Å²) in [5, 5.41) is 7.27. The lowest BCUT2D eigenvalue weighted by molar-refractivity contribution is 0.378. The molecule has 0 atom stereocenters. The first-order chi connectivity index (χ1) is 10.4. The molecular formula is C17H17N3O. The van der Waals surface area contributed by atoms with Crippen molar-refractivity contribution in [3.05, 3.63) is 66.3 Å². The lowest BCUT2D eigenvalue weighted by atomic mass is 10.0. The Labute approximate surface area is 123 Å². The molecule has 0 saturated carbocycles. The number of para-hydroxylation sites is 1. The maximum absolute atomic E-state index is 5.20. The van der Waals surface area contributed by atoms with Gasteiger partial charge in [0.05, 0.1) is 6.54 Å². The molecule has 2 aromatic carbocycles. The van der Waals surface area contributed by atoms with Crippen LogP contribution >= 0.6 is 0 Å². The minimum atomic E-state index is 0.525. The molecule has 0 fully saturated rings. The molecule has 0 spiro atoms. The van der Waals surface area contributed by atoms with E-state index in [0.717, 1.165) is 23.5 Å². The zero-order valence-corrected chi connectivity index (χ0v) is 11.9. The van der Waals surface area contributed by atoms with Crippen LogP contribution in [0.4, 0.5) is 5.69 Å². The molecule has 4 nitrogen and oxygen atoms in total. The van der Waals surface area contributed by atoms with Gasteiger partial charge in [0.15, 0.2) is 5.82 Å². The first-order valence-corrected chi connectivity index (χ1v) is 7.06. The standard InChI is InChI=1S/C17H17N3O/c1-2-16-19-17(21-20-16)12-18-15-11-7-6-10-14(15)13-8-4-3-5-9-13/h3-11,18H,2,12H2,1H3. The largest absolute Gasteiger partial charge is 0.376 e. The molecule has 0 aliphatic carbocycles. The lowest BCUT2D eigenvalue weighted by Gasteiger charge is -2.10. The second kappa shape index (κ2) is 6.22. The van der Waals surface area contributed by atoms with Gasteiger partial charge in [-0.15, -0.1) is 0 Å². The Balaban J connectivity index is 1.79. The molecule has 3 aromatic rings. The predicted molar refractivity (Wildman–Crippen MR) is 82.9 cm³/mol. The molecule has 0 unspecified atom stereocenters. The van der Waals surface area contributed by atoms with E-state index in [1.165, 1.54) is 5.56 Å². The first-order valence-electron chi connectivity index (χ1n) is 7.06. The van der Waals surface area contributed by atoms with Crippen LogP contribution in [0.25, 0.3) is 11.1 Å². The molecule has 0 radical (unpaired) electrons. The van der Waals surface area contributed by atoms with Crippen molar-refractivity contribution in [1.82, 2.24) is 10.1 Å². The third kappa shape index (κ3) is 3.11. The molecular weight excluding hydrogens is 262 g/mol. The Bertz CT molecular complexity index is 707. The van der Waals surface area contributed by atoms with Gasteiger partial charge in [-0.05, 0) is 11.6 Å². The number of nitrogens with zero attached hydrogens (tertiary/aromatic N) is 2. The molecule has 106 valence electrons. The Kier molecular flexibility index (Phi) is 3.96. The summed E-state index contributed by atoms with van der Waals surface area (Å²) >= 11 is 0. The predicted octanol–water partition coefficient (Wildman–Crippen LogP) is 3.91. The van der Waals surface area contributed by atoms with Crippen LogP contribution in [0.5, 0.6) is 0 Å². The van der Waals surface area contributed by atoms with E-state index in [1.807, 2.05) is 37.3 Å². The maximum atomic E-state index is 5.20. The van der Waals surface area contributed by atoms with Crippen molar-refractivity contribution < 1.29 is 4.52 Å². The van der Waals surface area contributed by atoms with Gasteiger partial charge in [0.1, 0.15) is 0 Å². The maximum Gasteiger partial charge on any atom is 0.245 e. The highest BCUT2D eigenvalue weighted by atomic mass is 16.5. The fraction of sp³-hybridized carbons (Fsp3) is 0.176. The van der Waals surface area contributed by atoms with E-state index < -0.39 is 0 Å². The average Bonchev–Trinajstić information content (AvgIpc) is 3.02. The van der Waals surface area contributed by atoms with Crippen molar-refractivity contribution in [2.75, 3.05) is 5.32 Å². The fourth-order valence-corrected chi connectivity index (χ4v) is 2.18. The number of rotatable bonds is 5. The topological polar surface area (TPSA) is 51.0 Å². The zero-order chi connectivity index (χ0) is 14.5. The summed E-state index contributed by atoms with van der Waals surface area (Å²) in [5.74, 6) is 1.35. The first kappa shape index (κ1) is 13.4. The SMILES string of the molecule is CCc1noc(CNc2ccccc2-c2ccccc2)n1. The Morgan fingerprint density at radius 2 is 1.76 bits per heavy atom. The van der Waals surface area contributed by atoms with Crippen LogP contribution in [0.3, 0.4) is 0 Å². The smallest absolute Gasteiger partial charge is 0.245 e. The van der Waals surface area contributed by atoms with Crippen molar-refractivity contribution in [2.24, 2.45) is 0 Å². The van der Waals surface area contributed by atoms with Crippen molar-refractivity contribution >= 4 is 5.69 Å². The van der Waals surface area contributed by atoms with Crippen LogP contribution in [-0.2, 0) is 13.0 Å². The lowest BCUT2D eigenvalue weighted by Crippen LogP contribution is -2.01. The van der Waals surface area contributed by atoms with Crippen molar-refractivity contribution in [3.8, 4) is 11.1 Å². The molecule has 21 heavy (non-hydrogen) atoms. The van der Waals surface area contributed by atoms with Crippen molar-refractivity contribution in [2.45, 2.75) is 19.9 Å². The molecule has 0 bridgehead atoms. The third-order valence-corrected chi connectivity index (χ3v) is 3.27. The van der Waals surface area contributed by atoms with Gasteiger partial charge in [0, 0.05) is 17.7 Å². The molecule has 3 rings (SSSR count). The van der Waals surface area contributed by atoms with Gasteiger partial charge in [-0.1, -0.05) is 60.6 Å². The Hall–Kier alpha value is -2.62. The van der Waals surface area contributed by atoms with Crippen LogP contribution in [0.1, 0.15) is 18.6 Å². The average molecular weight is 279 g/mol. The minimum absolute atomic E-state index is 0.525. The second-order valence-electron chi connectivity index (χ2n) is 4.72. The van der Waals surface area contributed by atoms with Crippen LogP contribution in [0, 0.1) is 0 Å². The van der Waals surface area contributed by atoms with Gasteiger partial charge < -0.3 is 9.84 Å². The number of hydrogen-bond donors (Lipinski definition) is 1. The summed E-state index contributed by atoms with van der Waals surface area (Å²) in [6.07, 6.45) is 0.782. The van der Waals surface area contributed by atoms with E-state index in [2.05, 4.69) is 39.7 Å². The van der Waals surface area contributed by atoms with E-state index in [4.69, 9.17) is 4.52 Å². The molecule has 0 amide bonds. The van der Waals surface area contributed by atoms with E-state index in [-0.39, 0.29) is 0 Å². The van der Waals surface area contributed by atoms with Crippen molar-refractivity contribution in [3.63, 3.8) is 0 Å². The minimum Gasteiger partial charge on any atom is -0.376 e. The zero-order valence-electron chi connectivity index (χ0n) is 11.9.